The molecule has 1 N–H and O–H groups in total. The number of carbonyl (C=O) groups excluding carboxylic acids is 1. The predicted octanol–water partition coefficient (Wildman–Crippen LogP) is 0.384. The lowest BCUT2D eigenvalue weighted by molar-refractivity contribution is -0.120. The van der Waals surface area contributed by atoms with Crippen LogP contribution in [0.2, 0.25) is 0 Å². The summed E-state index contributed by atoms with van der Waals surface area (Å²) in [5, 5.41) is 10.1. The maximum Gasteiger partial charge on any atom is 0.233 e. The molecule has 0 unspecified atom stereocenters. The quantitative estimate of drug-likeness (QED) is 0.427. The maximum atomic E-state index is 10.6. The van der Waals surface area contributed by atoms with E-state index >= 15 is 0 Å². The van der Waals surface area contributed by atoms with Gasteiger partial charge < -0.3 is 0 Å². The molecule has 3 heteroatoms. The largest absolute Gasteiger partial charge is 0.274 e. The van der Waals surface area contributed by atoms with Crippen molar-refractivity contribution >= 4 is 5.91 Å². The summed E-state index contributed by atoms with van der Waals surface area (Å²) >= 11 is 0. The number of nitrogens with zero attached hydrogens (tertiary/aromatic N) is 1. The second kappa shape index (κ2) is 2.49. The zero-order chi connectivity index (χ0) is 6.69. The van der Waals surface area contributed by atoms with Crippen molar-refractivity contribution in [3.8, 4) is 6.19 Å². The zero-order valence-corrected chi connectivity index (χ0v) is 5.05. The van der Waals surface area contributed by atoms with Crippen molar-refractivity contribution < 1.29 is 4.79 Å². The minimum absolute atomic E-state index is 0.139. The van der Waals surface area contributed by atoms with E-state index in [2.05, 4.69) is 5.32 Å². The molecular formula is C6H8N2O. The average molecular weight is 124 g/mol. The average Bonchev–Trinajstić information content (AvgIpc) is 2.50. The third-order valence-corrected chi connectivity index (χ3v) is 1.37. The third kappa shape index (κ3) is 2.13. The first-order valence-corrected chi connectivity index (χ1v) is 3.01. The summed E-state index contributed by atoms with van der Waals surface area (Å²) in [5.74, 6) is 0.429. The molecule has 9 heavy (non-hydrogen) atoms. The van der Waals surface area contributed by atoms with Crippen LogP contribution in [0.5, 0.6) is 0 Å². The molecule has 0 aliphatic heterocycles. The van der Waals surface area contributed by atoms with Gasteiger partial charge in [-0.1, -0.05) is 0 Å². The molecule has 1 fully saturated rings. The highest BCUT2D eigenvalue weighted by atomic mass is 16.1. The fourth-order valence-corrected chi connectivity index (χ4v) is 0.698. The number of hydrogen-bond donors (Lipinski definition) is 1. The number of hydrogen-bond acceptors (Lipinski definition) is 2. The number of amides is 1. The Morgan fingerprint density at radius 3 is 2.89 bits per heavy atom. The molecule has 0 atom stereocenters. The number of carbonyl (C=O) groups is 1. The van der Waals surface area contributed by atoms with Gasteiger partial charge in [0.1, 0.15) is 0 Å². The summed E-state index contributed by atoms with van der Waals surface area (Å²) in [6.07, 6.45) is 4.44. The molecule has 0 aromatic heterocycles. The van der Waals surface area contributed by atoms with Gasteiger partial charge in [0.25, 0.3) is 0 Å². The second-order valence-corrected chi connectivity index (χ2v) is 2.31. The Hall–Kier alpha value is -1.04. The molecule has 0 radical (unpaired) electrons. The fraction of sp³-hybridized carbons (Fsp3) is 0.667. The van der Waals surface area contributed by atoms with Gasteiger partial charge in [0.15, 0.2) is 6.19 Å². The predicted molar refractivity (Wildman–Crippen MR) is 31.1 cm³/mol. The third-order valence-electron chi connectivity index (χ3n) is 1.37. The van der Waals surface area contributed by atoms with Crippen molar-refractivity contribution in [3.05, 3.63) is 0 Å². The summed E-state index contributed by atoms with van der Waals surface area (Å²) in [4.78, 5) is 10.6. The van der Waals surface area contributed by atoms with Crippen LogP contribution in [0.1, 0.15) is 19.3 Å². The lowest BCUT2D eigenvalue weighted by Crippen LogP contribution is -2.17. The van der Waals surface area contributed by atoms with Crippen LogP contribution in [0.4, 0.5) is 0 Å². The topological polar surface area (TPSA) is 52.9 Å². The van der Waals surface area contributed by atoms with Gasteiger partial charge in [-0.25, -0.2) is 0 Å². The normalized spacial score (nSPS) is 16.3. The van der Waals surface area contributed by atoms with E-state index < -0.39 is 0 Å². The summed E-state index contributed by atoms with van der Waals surface area (Å²) in [6, 6.07) is 0. The smallest absolute Gasteiger partial charge is 0.233 e. The van der Waals surface area contributed by atoms with Crippen LogP contribution in [0.25, 0.3) is 0 Å². The SMILES string of the molecule is N#CNC(=O)CC1CC1. The zero-order valence-electron chi connectivity index (χ0n) is 5.05. The van der Waals surface area contributed by atoms with Crippen LogP contribution in [0.15, 0.2) is 0 Å². The van der Waals surface area contributed by atoms with E-state index in [0.717, 1.165) is 12.8 Å². The fourth-order valence-electron chi connectivity index (χ4n) is 0.698. The van der Waals surface area contributed by atoms with E-state index in [4.69, 9.17) is 5.26 Å². The minimum Gasteiger partial charge on any atom is -0.274 e. The Labute approximate surface area is 53.7 Å². The van der Waals surface area contributed by atoms with Gasteiger partial charge in [-0.05, 0) is 18.8 Å². The maximum absolute atomic E-state index is 10.6. The minimum atomic E-state index is -0.139. The van der Waals surface area contributed by atoms with Crippen LogP contribution < -0.4 is 5.32 Å². The Morgan fingerprint density at radius 1 is 1.78 bits per heavy atom. The molecule has 0 spiro atoms. The molecule has 0 aromatic rings. The van der Waals surface area contributed by atoms with Crippen LogP contribution in [0.3, 0.4) is 0 Å². The van der Waals surface area contributed by atoms with Crippen LogP contribution in [-0.4, -0.2) is 5.91 Å². The van der Waals surface area contributed by atoms with Gasteiger partial charge in [0.2, 0.25) is 5.91 Å². The van der Waals surface area contributed by atoms with Gasteiger partial charge in [-0.15, -0.1) is 0 Å². The summed E-state index contributed by atoms with van der Waals surface area (Å²) in [6.45, 7) is 0. The highest BCUT2D eigenvalue weighted by molar-refractivity contribution is 5.77. The Morgan fingerprint density at radius 2 is 2.44 bits per heavy atom. The molecule has 1 saturated carbocycles. The van der Waals surface area contributed by atoms with Crippen molar-refractivity contribution in [2.75, 3.05) is 0 Å². The lowest BCUT2D eigenvalue weighted by Gasteiger charge is -1.90. The number of nitriles is 1. The van der Waals surface area contributed by atoms with Crippen molar-refractivity contribution in [1.82, 2.24) is 5.32 Å². The van der Waals surface area contributed by atoms with E-state index in [1.54, 1.807) is 6.19 Å². The molecule has 0 aromatic carbocycles. The van der Waals surface area contributed by atoms with Crippen molar-refractivity contribution in [2.24, 2.45) is 5.92 Å². The molecule has 1 amide bonds. The lowest BCUT2D eigenvalue weighted by atomic mass is 10.3. The molecule has 1 aliphatic carbocycles. The monoisotopic (exact) mass is 124 g/mol. The molecule has 3 nitrogen and oxygen atoms in total. The Balaban J connectivity index is 2.11. The van der Waals surface area contributed by atoms with Crippen molar-refractivity contribution in [2.45, 2.75) is 19.3 Å². The van der Waals surface area contributed by atoms with E-state index in [-0.39, 0.29) is 5.91 Å². The van der Waals surface area contributed by atoms with E-state index in [9.17, 15) is 4.79 Å². The van der Waals surface area contributed by atoms with Crippen molar-refractivity contribution in [1.29, 1.82) is 5.26 Å². The number of nitrogens with one attached hydrogen (secondary N) is 1. The second-order valence-electron chi connectivity index (χ2n) is 2.31. The van der Waals surface area contributed by atoms with E-state index in [1.165, 1.54) is 0 Å². The highest BCUT2D eigenvalue weighted by Crippen LogP contribution is 2.31. The first-order chi connectivity index (χ1) is 4.33. The van der Waals surface area contributed by atoms with Gasteiger partial charge in [-0.2, -0.15) is 5.26 Å². The first kappa shape index (κ1) is 6.09. The standard InChI is InChI=1S/C6H8N2O/c7-4-8-6(9)3-5-1-2-5/h5H,1-3H2,(H,8,9). The van der Waals surface area contributed by atoms with Gasteiger partial charge in [-0.3, -0.25) is 10.1 Å². The molecule has 0 saturated heterocycles. The Bertz CT molecular complexity index is 155. The van der Waals surface area contributed by atoms with Gasteiger partial charge >= 0.3 is 0 Å². The highest BCUT2D eigenvalue weighted by Gasteiger charge is 2.23. The first-order valence-electron chi connectivity index (χ1n) is 3.01. The van der Waals surface area contributed by atoms with Crippen LogP contribution in [0, 0.1) is 17.4 Å². The summed E-state index contributed by atoms with van der Waals surface area (Å²) in [5.41, 5.74) is 0. The van der Waals surface area contributed by atoms with E-state index in [1.807, 2.05) is 0 Å². The summed E-state index contributed by atoms with van der Waals surface area (Å²) < 4.78 is 0. The van der Waals surface area contributed by atoms with Crippen molar-refractivity contribution in [3.63, 3.8) is 0 Å². The molecule has 48 valence electrons. The molecule has 0 heterocycles. The Kier molecular flexibility index (Phi) is 1.69. The molecule has 1 aliphatic rings. The molecule has 0 bridgehead atoms. The van der Waals surface area contributed by atoms with Crippen LogP contribution in [-0.2, 0) is 4.79 Å². The van der Waals surface area contributed by atoms with Gasteiger partial charge in [0.05, 0.1) is 0 Å². The van der Waals surface area contributed by atoms with Crippen LogP contribution >= 0.6 is 0 Å². The number of rotatable bonds is 2. The van der Waals surface area contributed by atoms with E-state index in [0.29, 0.717) is 12.3 Å². The van der Waals surface area contributed by atoms with Gasteiger partial charge in [0, 0.05) is 6.42 Å². The molecular weight excluding hydrogens is 116 g/mol. The summed E-state index contributed by atoms with van der Waals surface area (Å²) in [7, 11) is 0. The molecule has 1 rings (SSSR count).